The van der Waals surface area contributed by atoms with Crippen LogP contribution in [0.15, 0.2) is 18.2 Å². The third kappa shape index (κ3) is 2.48. The molecule has 1 fully saturated rings. The van der Waals surface area contributed by atoms with Gasteiger partial charge in [-0.15, -0.1) is 0 Å². The number of hydrogen-bond acceptors (Lipinski definition) is 2. The molecular weight excluding hydrogens is 240 g/mol. The molecule has 3 rings (SSSR count). The Morgan fingerprint density at radius 1 is 1.21 bits per heavy atom. The van der Waals surface area contributed by atoms with Crippen LogP contribution in [0.5, 0.6) is 0 Å². The summed E-state index contributed by atoms with van der Waals surface area (Å²) in [6.07, 6.45) is 5.58. The summed E-state index contributed by atoms with van der Waals surface area (Å²) in [5, 5.41) is 5.68. The summed E-state index contributed by atoms with van der Waals surface area (Å²) in [5.74, 6) is -0.125. The van der Waals surface area contributed by atoms with Crippen molar-refractivity contribution in [2.24, 2.45) is 0 Å². The van der Waals surface area contributed by atoms with Crippen molar-refractivity contribution >= 4 is 17.5 Å². The van der Waals surface area contributed by atoms with Gasteiger partial charge in [0.1, 0.15) is 6.04 Å². The first-order chi connectivity index (χ1) is 9.24. The molecule has 19 heavy (non-hydrogen) atoms. The minimum absolute atomic E-state index is 0.0322. The van der Waals surface area contributed by atoms with Crippen LogP contribution in [-0.2, 0) is 22.4 Å². The first-order valence-electron chi connectivity index (χ1n) is 6.95. The van der Waals surface area contributed by atoms with Gasteiger partial charge in [0, 0.05) is 12.1 Å². The van der Waals surface area contributed by atoms with E-state index in [2.05, 4.69) is 16.7 Å². The zero-order chi connectivity index (χ0) is 13.2. The largest absolute Gasteiger partial charge is 0.344 e. The van der Waals surface area contributed by atoms with Gasteiger partial charge < -0.3 is 10.6 Å². The number of fused-ring (bicyclic) bond motifs is 1. The normalized spacial score (nSPS) is 21.7. The molecule has 1 heterocycles. The van der Waals surface area contributed by atoms with Gasteiger partial charge in [0.25, 0.3) is 0 Å². The molecule has 100 valence electrons. The number of aryl methyl sites for hydroxylation is 1. The molecule has 0 aromatic heterocycles. The molecule has 1 saturated heterocycles. The van der Waals surface area contributed by atoms with Crippen LogP contribution >= 0.6 is 0 Å². The number of rotatable bonds is 2. The van der Waals surface area contributed by atoms with Crippen LogP contribution in [0.3, 0.4) is 0 Å². The van der Waals surface area contributed by atoms with E-state index < -0.39 is 0 Å². The second kappa shape index (κ2) is 5.03. The molecule has 4 heteroatoms. The Bertz CT molecular complexity index is 525. The number of nitrogens with one attached hydrogen (secondary N) is 2. The number of hydrogen-bond donors (Lipinski definition) is 2. The molecule has 0 unspecified atom stereocenters. The minimum atomic E-state index is -0.369. The van der Waals surface area contributed by atoms with E-state index in [9.17, 15) is 9.59 Å². The number of benzene rings is 1. The third-order valence-electron chi connectivity index (χ3n) is 3.97. The van der Waals surface area contributed by atoms with Crippen molar-refractivity contribution in [3.63, 3.8) is 0 Å². The van der Waals surface area contributed by atoms with Gasteiger partial charge in [-0.25, -0.2) is 0 Å². The van der Waals surface area contributed by atoms with Crippen molar-refractivity contribution in [1.29, 1.82) is 0 Å². The monoisotopic (exact) mass is 258 g/mol. The number of carbonyl (C=O) groups is 2. The fourth-order valence-electron chi connectivity index (χ4n) is 2.93. The van der Waals surface area contributed by atoms with Gasteiger partial charge in [-0.2, -0.15) is 0 Å². The maximum atomic E-state index is 12.1. The van der Waals surface area contributed by atoms with Gasteiger partial charge in [-0.3, -0.25) is 9.59 Å². The Labute approximate surface area is 112 Å². The van der Waals surface area contributed by atoms with Crippen molar-refractivity contribution < 1.29 is 9.59 Å². The summed E-state index contributed by atoms with van der Waals surface area (Å²) in [6.45, 7) is 0. The van der Waals surface area contributed by atoms with Crippen LogP contribution in [0.1, 0.15) is 36.8 Å². The Hall–Kier alpha value is -1.84. The zero-order valence-corrected chi connectivity index (χ0v) is 10.9. The summed E-state index contributed by atoms with van der Waals surface area (Å²) in [7, 11) is 0. The highest BCUT2D eigenvalue weighted by atomic mass is 16.2. The Kier molecular flexibility index (Phi) is 3.23. The first kappa shape index (κ1) is 12.2. The van der Waals surface area contributed by atoms with E-state index in [-0.39, 0.29) is 17.9 Å². The standard InChI is InChI=1S/C15H18N2O2/c18-14-9-8-13(16-14)15(19)17-12-7-3-5-10-4-1-2-6-11(10)12/h3,5,7,13H,1-2,4,6,8-9H2,(H,16,18)(H,17,19)/t13-/m0/s1. The second-order valence-electron chi connectivity index (χ2n) is 5.30. The van der Waals surface area contributed by atoms with E-state index in [0.717, 1.165) is 18.5 Å². The van der Waals surface area contributed by atoms with Crippen molar-refractivity contribution in [2.45, 2.75) is 44.6 Å². The molecule has 0 spiro atoms. The smallest absolute Gasteiger partial charge is 0.246 e. The average molecular weight is 258 g/mol. The maximum absolute atomic E-state index is 12.1. The van der Waals surface area contributed by atoms with E-state index in [0.29, 0.717) is 12.8 Å². The lowest BCUT2D eigenvalue weighted by Gasteiger charge is -2.20. The molecule has 1 aliphatic carbocycles. The summed E-state index contributed by atoms with van der Waals surface area (Å²) < 4.78 is 0. The van der Waals surface area contributed by atoms with E-state index in [1.165, 1.54) is 24.0 Å². The predicted molar refractivity (Wildman–Crippen MR) is 72.9 cm³/mol. The minimum Gasteiger partial charge on any atom is -0.344 e. The van der Waals surface area contributed by atoms with E-state index >= 15 is 0 Å². The van der Waals surface area contributed by atoms with Crippen molar-refractivity contribution in [3.05, 3.63) is 29.3 Å². The highest BCUT2D eigenvalue weighted by Gasteiger charge is 2.27. The van der Waals surface area contributed by atoms with E-state index in [4.69, 9.17) is 0 Å². The van der Waals surface area contributed by atoms with Crippen LogP contribution in [0.4, 0.5) is 5.69 Å². The van der Waals surface area contributed by atoms with Crippen LogP contribution in [0.2, 0.25) is 0 Å². The van der Waals surface area contributed by atoms with Crippen molar-refractivity contribution in [3.8, 4) is 0 Å². The van der Waals surface area contributed by atoms with Gasteiger partial charge in [-0.05, 0) is 49.3 Å². The highest BCUT2D eigenvalue weighted by molar-refractivity contribution is 5.99. The molecule has 1 atom stereocenters. The van der Waals surface area contributed by atoms with Crippen molar-refractivity contribution in [2.75, 3.05) is 5.32 Å². The maximum Gasteiger partial charge on any atom is 0.246 e. The third-order valence-corrected chi connectivity index (χ3v) is 3.97. The molecule has 1 aliphatic heterocycles. The number of carbonyl (C=O) groups excluding carboxylic acids is 2. The molecule has 0 bridgehead atoms. The zero-order valence-electron chi connectivity index (χ0n) is 10.9. The number of anilines is 1. The molecule has 1 aromatic rings. The summed E-state index contributed by atoms with van der Waals surface area (Å²) in [6, 6.07) is 5.72. The average Bonchev–Trinajstić information content (AvgIpc) is 2.86. The van der Waals surface area contributed by atoms with Crippen LogP contribution in [0.25, 0.3) is 0 Å². The van der Waals surface area contributed by atoms with Gasteiger partial charge >= 0.3 is 0 Å². The van der Waals surface area contributed by atoms with Crippen LogP contribution < -0.4 is 10.6 Å². The lowest BCUT2D eigenvalue weighted by Crippen LogP contribution is -2.37. The van der Waals surface area contributed by atoms with Gasteiger partial charge in [0.15, 0.2) is 0 Å². The molecule has 0 saturated carbocycles. The SMILES string of the molecule is O=C1CC[C@@H](C(=O)Nc2cccc3c2CCCC3)N1. The first-order valence-corrected chi connectivity index (χ1v) is 6.95. The van der Waals surface area contributed by atoms with Gasteiger partial charge in [0.05, 0.1) is 0 Å². The topological polar surface area (TPSA) is 58.2 Å². The predicted octanol–water partition coefficient (Wildman–Crippen LogP) is 1.78. The number of amides is 2. The lowest BCUT2D eigenvalue weighted by molar-refractivity contribution is -0.122. The Morgan fingerprint density at radius 3 is 2.84 bits per heavy atom. The molecule has 2 amide bonds. The quantitative estimate of drug-likeness (QED) is 0.849. The summed E-state index contributed by atoms with van der Waals surface area (Å²) in [5.41, 5.74) is 3.54. The van der Waals surface area contributed by atoms with E-state index in [1.54, 1.807) is 0 Å². The summed E-state index contributed by atoms with van der Waals surface area (Å²) in [4.78, 5) is 23.3. The fraction of sp³-hybridized carbons (Fsp3) is 0.467. The highest BCUT2D eigenvalue weighted by Crippen LogP contribution is 2.28. The van der Waals surface area contributed by atoms with Crippen LogP contribution in [-0.4, -0.2) is 17.9 Å². The molecule has 2 aliphatic rings. The molecular formula is C15H18N2O2. The van der Waals surface area contributed by atoms with Crippen LogP contribution in [0, 0.1) is 0 Å². The molecule has 1 aromatic carbocycles. The van der Waals surface area contributed by atoms with Gasteiger partial charge in [0.2, 0.25) is 11.8 Å². The summed E-state index contributed by atoms with van der Waals surface area (Å²) >= 11 is 0. The molecule has 2 N–H and O–H groups in total. The van der Waals surface area contributed by atoms with E-state index in [1.807, 2.05) is 12.1 Å². The lowest BCUT2D eigenvalue weighted by atomic mass is 9.90. The fourth-order valence-corrected chi connectivity index (χ4v) is 2.93. The van der Waals surface area contributed by atoms with Gasteiger partial charge in [-0.1, -0.05) is 12.1 Å². The Morgan fingerprint density at radius 2 is 2.05 bits per heavy atom. The second-order valence-corrected chi connectivity index (χ2v) is 5.30. The molecule has 4 nitrogen and oxygen atoms in total. The molecule has 0 radical (unpaired) electrons. The van der Waals surface area contributed by atoms with Crippen molar-refractivity contribution in [1.82, 2.24) is 5.32 Å². The Balaban J connectivity index is 1.76.